The monoisotopic (exact) mass is 452 g/mol. The molecule has 1 aromatic rings. The van der Waals surface area contributed by atoms with Crippen molar-refractivity contribution in [1.29, 1.82) is 0 Å². The van der Waals surface area contributed by atoms with E-state index in [0.29, 0.717) is 25.1 Å². The zero-order valence-corrected chi connectivity index (χ0v) is 18.7. The van der Waals surface area contributed by atoms with E-state index in [0.717, 1.165) is 4.31 Å². The number of carbonyl (C=O) groups excluding carboxylic acids is 3. The second-order valence-corrected chi connectivity index (χ2v) is 10.5. The van der Waals surface area contributed by atoms with Crippen molar-refractivity contribution in [3.63, 3.8) is 0 Å². The zero-order valence-electron chi connectivity index (χ0n) is 17.9. The van der Waals surface area contributed by atoms with Gasteiger partial charge < -0.3 is 15.4 Å². The lowest BCUT2D eigenvalue weighted by Gasteiger charge is -2.28. The van der Waals surface area contributed by atoms with Gasteiger partial charge in [-0.05, 0) is 51.8 Å². The molecule has 2 aliphatic heterocycles. The number of rotatable bonds is 4. The molecule has 0 unspecified atom stereocenters. The summed E-state index contributed by atoms with van der Waals surface area (Å²) in [5.74, 6) is -0.766. The second kappa shape index (κ2) is 8.83. The Morgan fingerprint density at radius 1 is 1.23 bits per heavy atom. The third kappa shape index (κ3) is 5.53. The molecule has 1 atom stereocenters. The molecule has 31 heavy (non-hydrogen) atoms. The predicted octanol–water partition coefficient (Wildman–Crippen LogP) is 1.15. The van der Waals surface area contributed by atoms with E-state index in [-0.39, 0.29) is 30.4 Å². The quantitative estimate of drug-likeness (QED) is 0.706. The largest absolute Gasteiger partial charge is 0.444 e. The molecule has 3 rings (SSSR count). The van der Waals surface area contributed by atoms with Gasteiger partial charge in [0, 0.05) is 25.3 Å². The Kier molecular flexibility index (Phi) is 6.56. The number of ether oxygens (including phenoxy) is 1. The molecule has 0 saturated carbocycles. The summed E-state index contributed by atoms with van der Waals surface area (Å²) in [4.78, 5) is 38.2. The number of amides is 3. The normalized spacial score (nSPS) is 20.3. The van der Waals surface area contributed by atoms with Crippen molar-refractivity contribution in [3.05, 3.63) is 24.3 Å². The third-order valence-corrected chi connectivity index (χ3v) is 6.77. The second-order valence-electron chi connectivity index (χ2n) is 8.54. The first-order chi connectivity index (χ1) is 14.5. The van der Waals surface area contributed by atoms with Crippen LogP contribution in [0.2, 0.25) is 0 Å². The molecule has 0 aromatic heterocycles. The molecule has 3 amide bonds. The minimum Gasteiger partial charge on any atom is -0.444 e. The average molecular weight is 453 g/mol. The topological polar surface area (TPSA) is 125 Å². The molecular weight excluding hydrogens is 424 g/mol. The molecule has 1 aromatic carbocycles. The first-order valence-corrected chi connectivity index (χ1v) is 11.6. The maximum atomic E-state index is 12.9. The number of anilines is 1. The maximum Gasteiger partial charge on any atom is 0.410 e. The SMILES string of the molecule is CC(C)(C)OC(=O)N1CCC[C@H]1C(=O)Nc1cccc(S(=O)(=O)N2CCNC(=O)C2)c1. The van der Waals surface area contributed by atoms with Crippen LogP contribution >= 0.6 is 0 Å². The number of nitrogens with zero attached hydrogens (tertiary/aromatic N) is 2. The summed E-state index contributed by atoms with van der Waals surface area (Å²) in [6.07, 6.45) is 0.610. The molecule has 10 nitrogen and oxygen atoms in total. The summed E-state index contributed by atoms with van der Waals surface area (Å²) in [6, 6.07) is 5.17. The standard InChI is InChI=1S/C20H28N4O6S/c1-20(2,3)30-19(27)24-10-5-8-16(24)18(26)22-14-6-4-7-15(12-14)31(28,29)23-11-9-21-17(25)13-23/h4,6-7,12,16H,5,8-11,13H2,1-3H3,(H,21,25)(H,22,26)/t16-/m0/s1. The lowest BCUT2D eigenvalue weighted by atomic mass is 10.2. The summed E-state index contributed by atoms with van der Waals surface area (Å²) in [6.45, 7) is 5.87. The number of benzene rings is 1. The Hall–Kier alpha value is -2.66. The fraction of sp³-hybridized carbons (Fsp3) is 0.550. The van der Waals surface area contributed by atoms with Gasteiger partial charge in [-0.15, -0.1) is 0 Å². The Morgan fingerprint density at radius 2 is 1.97 bits per heavy atom. The van der Waals surface area contributed by atoms with E-state index in [1.165, 1.54) is 23.1 Å². The van der Waals surface area contributed by atoms with Gasteiger partial charge in [-0.1, -0.05) is 6.07 Å². The number of sulfonamides is 1. The fourth-order valence-corrected chi connectivity index (χ4v) is 4.95. The van der Waals surface area contributed by atoms with Crippen LogP contribution in [0.15, 0.2) is 29.2 Å². The van der Waals surface area contributed by atoms with Crippen LogP contribution in [0.1, 0.15) is 33.6 Å². The van der Waals surface area contributed by atoms with E-state index in [9.17, 15) is 22.8 Å². The Bertz CT molecular complexity index is 972. The van der Waals surface area contributed by atoms with Crippen LogP contribution in [0.25, 0.3) is 0 Å². The molecule has 170 valence electrons. The van der Waals surface area contributed by atoms with Gasteiger partial charge in [-0.3, -0.25) is 14.5 Å². The number of hydrogen-bond acceptors (Lipinski definition) is 6. The van der Waals surface area contributed by atoms with E-state index in [2.05, 4.69) is 10.6 Å². The van der Waals surface area contributed by atoms with Crippen LogP contribution in [0.4, 0.5) is 10.5 Å². The molecule has 0 bridgehead atoms. The zero-order chi connectivity index (χ0) is 22.8. The number of piperazine rings is 1. The lowest BCUT2D eigenvalue weighted by molar-refractivity contribution is -0.122. The van der Waals surface area contributed by atoms with Crippen molar-refractivity contribution in [2.24, 2.45) is 0 Å². The van der Waals surface area contributed by atoms with Crippen LogP contribution in [0, 0.1) is 0 Å². The Labute approximate surface area is 182 Å². The third-order valence-electron chi connectivity index (χ3n) is 4.93. The molecule has 0 aliphatic carbocycles. The van der Waals surface area contributed by atoms with Crippen LogP contribution < -0.4 is 10.6 Å². The van der Waals surface area contributed by atoms with Crippen LogP contribution in [0.5, 0.6) is 0 Å². The highest BCUT2D eigenvalue weighted by Gasteiger charge is 2.37. The van der Waals surface area contributed by atoms with Crippen molar-refractivity contribution in [3.8, 4) is 0 Å². The van der Waals surface area contributed by atoms with Crippen molar-refractivity contribution in [1.82, 2.24) is 14.5 Å². The highest BCUT2D eigenvalue weighted by atomic mass is 32.2. The molecule has 2 heterocycles. The van der Waals surface area contributed by atoms with Crippen molar-refractivity contribution < 1.29 is 27.5 Å². The molecular formula is C20H28N4O6S. The van der Waals surface area contributed by atoms with E-state index in [4.69, 9.17) is 4.74 Å². The van der Waals surface area contributed by atoms with Gasteiger partial charge in [0.15, 0.2) is 0 Å². The maximum absolute atomic E-state index is 12.9. The van der Waals surface area contributed by atoms with Crippen molar-refractivity contribution in [2.45, 2.75) is 50.2 Å². The number of hydrogen-bond donors (Lipinski definition) is 2. The smallest absolute Gasteiger partial charge is 0.410 e. The van der Waals surface area contributed by atoms with Crippen molar-refractivity contribution >= 4 is 33.6 Å². The molecule has 2 fully saturated rings. The van der Waals surface area contributed by atoms with Gasteiger partial charge in [-0.2, -0.15) is 4.31 Å². The molecule has 2 N–H and O–H groups in total. The van der Waals surface area contributed by atoms with Crippen LogP contribution in [0.3, 0.4) is 0 Å². The summed E-state index contributed by atoms with van der Waals surface area (Å²) < 4.78 is 32.2. The van der Waals surface area contributed by atoms with Gasteiger partial charge in [0.1, 0.15) is 11.6 Å². The molecule has 11 heteroatoms. The number of carbonyl (C=O) groups is 3. The van der Waals surface area contributed by atoms with Gasteiger partial charge in [0.2, 0.25) is 21.8 Å². The van der Waals surface area contributed by atoms with Crippen LogP contribution in [-0.2, 0) is 24.3 Å². The summed E-state index contributed by atoms with van der Waals surface area (Å²) >= 11 is 0. The van der Waals surface area contributed by atoms with Gasteiger partial charge in [0.25, 0.3) is 0 Å². The number of nitrogens with one attached hydrogen (secondary N) is 2. The lowest BCUT2D eigenvalue weighted by Crippen LogP contribution is -2.49. The average Bonchev–Trinajstić information content (AvgIpc) is 3.17. The first kappa shape index (κ1) is 23.0. The minimum absolute atomic E-state index is 0.0181. The Morgan fingerprint density at radius 3 is 2.65 bits per heavy atom. The minimum atomic E-state index is -3.88. The Balaban J connectivity index is 1.72. The first-order valence-electron chi connectivity index (χ1n) is 10.1. The van der Waals surface area contributed by atoms with Gasteiger partial charge in [-0.25, -0.2) is 13.2 Å². The molecule has 0 radical (unpaired) electrons. The van der Waals surface area contributed by atoms with Crippen LogP contribution in [-0.4, -0.2) is 73.4 Å². The van der Waals surface area contributed by atoms with Gasteiger partial charge in [0.05, 0.1) is 11.4 Å². The highest BCUT2D eigenvalue weighted by Crippen LogP contribution is 2.24. The van der Waals surface area contributed by atoms with E-state index < -0.39 is 33.7 Å². The summed E-state index contributed by atoms with van der Waals surface area (Å²) in [5.41, 5.74) is -0.377. The predicted molar refractivity (Wildman–Crippen MR) is 113 cm³/mol. The van der Waals surface area contributed by atoms with E-state index in [1.54, 1.807) is 26.8 Å². The molecule has 2 saturated heterocycles. The fourth-order valence-electron chi connectivity index (χ4n) is 3.51. The summed E-state index contributed by atoms with van der Waals surface area (Å²) in [7, 11) is -3.88. The summed E-state index contributed by atoms with van der Waals surface area (Å²) in [5, 5.41) is 5.29. The number of likely N-dealkylation sites (tertiary alicyclic amines) is 1. The van der Waals surface area contributed by atoms with Crippen molar-refractivity contribution in [2.75, 3.05) is 31.5 Å². The molecule has 0 spiro atoms. The molecule has 2 aliphatic rings. The van der Waals surface area contributed by atoms with E-state index in [1.807, 2.05) is 0 Å². The van der Waals surface area contributed by atoms with Gasteiger partial charge >= 0.3 is 6.09 Å². The van der Waals surface area contributed by atoms with E-state index >= 15 is 0 Å². The highest BCUT2D eigenvalue weighted by molar-refractivity contribution is 7.89.